The average Bonchev–Trinajstić information content (AvgIpc) is 2.40. The van der Waals surface area contributed by atoms with Crippen molar-refractivity contribution < 1.29 is 0 Å². The molecule has 0 radical (unpaired) electrons. The Morgan fingerprint density at radius 1 is 1.11 bits per heavy atom. The third-order valence-corrected chi connectivity index (χ3v) is 3.48. The zero-order chi connectivity index (χ0) is 13.0. The molecule has 0 N–H and O–H groups in total. The van der Waals surface area contributed by atoms with Gasteiger partial charge in [0.05, 0.1) is 0 Å². The van der Waals surface area contributed by atoms with Gasteiger partial charge in [-0.2, -0.15) is 0 Å². The van der Waals surface area contributed by atoms with E-state index in [-0.39, 0.29) is 0 Å². The first-order valence-electron chi connectivity index (χ1n) is 6.49. The van der Waals surface area contributed by atoms with Crippen molar-refractivity contribution in [3.8, 4) is 11.1 Å². The van der Waals surface area contributed by atoms with Crippen LogP contribution in [0.5, 0.6) is 0 Å². The summed E-state index contributed by atoms with van der Waals surface area (Å²) in [4.78, 5) is 4.14. The van der Waals surface area contributed by atoms with Crippen LogP contribution in [0.2, 0.25) is 5.15 Å². The van der Waals surface area contributed by atoms with Gasteiger partial charge in [0.2, 0.25) is 0 Å². The van der Waals surface area contributed by atoms with Gasteiger partial charge in [0, 0.05) is 11.8 Å². The maximum Gasteiger partial charge on any atom is 0.136 e. The van der Waals surface area contributed by atoms with E-state index in [1.807, 2.05) is 12.1 Å². The van der Waals surface area contributed by atoms with Crippen molar-refractivity contribution in [2.45, 2.75) is 33.1 Å². The van der Waals surface area contributed by atoms with Gasteiger partial charge in [-0.3, -0.25) is 0 Å². The van der Waals surface area contributed by atoms with Crippen molar-refractivity contribution in [2.75, 3.05) is 0 Å². The molecule has 2 rings (SSSR count). The predicted octanol–water partition coefficient (Wildman–Crippen LogP) is 4.92. The SMILES string of the molecule is CCCc1cc(-c2cccnc2Cl)ccc1CC. The van der Waals surface area contributed by atoms with Crippen LogP contribution >= 0.6 is 11.6 Å². The Morgan fingerprint density at radius 3 is 2.61 bits per heavy atom. The van der Waals surface area contributed by atoms with Crippen molar-refractivity contribution in [1.29, 1.82) is 0 Å². The van der Waals surface area contributed by atoms with E-state index >= 15 is 0 Å². The molecule has 1 nitrogen and oxygen atoms in total. The van der Waals surface area contributed by atoms with Crippen LogP contribution < -0.4 is 0 Å². The highest BCUT2D eigenvalue weighted by Crippen LogP contribution is 2.28. The highest BCUT2D eigenvalue weighted by atomic mass is 35.5. The third-order valence-electron chi connectivity index (χ3n) is 3.18. The topological polar surface area (TPSA) is 12.9 Å². The Bertz CT molecular complexity index is 534. The molecule has 0 aliphatic heterocycles. The summed E-state index contributed by atoms with van der Waals surface area (Å²) in [6.45, 7) is 4.41. The Labute approximate surface area is 114 Å². The molecule has 1 aromatic heterocycles. The van der Waals surface area contributed by atoms with Crippen LogP contribution in [-0.2, 0) is 12.8 Å². The van der Waals surface area contributed by atoms with Crippen LogP contribution in [0.25, 0.3) is 11.1 Å². The number of hydrogen-bond acceptors (Lipinski definition) is 1. The van der Waals surface area contributed by atoms with E-state index in [4.69, 9.17) is 11.6 Å². The van der Waals surface area contributed by atoms with Crippen molar-refractivity contribution in [1.82, 2.24) is 4.98 Å². The number of nitrogens with zero attached hydrogens (tertiary/aromatic N) is 1. The highest BCUT2D eigenvalue weighted by molar-refractivity contribution is 6.32. The molecule has 0 atom stereocenters. The molecular weight excluding hydrogens is 242 g/mol. The van der Waals surface area contributed by atoms with Gasteiger partial charge in [-0.05, 0) is 41.7 Å². The number of aromatic nitrogens is 1. The first-order valence-corrected chi connectivity index (χ1v) is 6.86. The maximum atomic E-state index is 6.15. The predicted molar refractivity (Wildman–Crippen MR) is 78.1 cm³/mol. The van der Waals surface area contributed by atoms with Gasteiger partial charge in [-0.25, -0.2) is 4.98 Å². The van der Waals surface area contributed by atoms with Crippen LogP contribution in [0.15, 0.2) is 36.5 Å². The van der Waals surface area contributed by atoms with E-state index in [9.17, 15) is 0 Å². The molecule has 0 amide bonds. The van der Waals surface area contributed by atoms with Crippen LogP contribution in [0.1, 0.15) is 31.4 Å². The smallest absolute Gasteiger partial charge is 0.136 e. The van der Waals surface area contributed by atoms with Gasteiger partial charge >= 0.3 is 0 Å². The van der Waals surface area contributed by atoms with E-state index in [0.29, 0.717) is 5.15 Å². The van der Waals surface area contributed by atoms with E-state index < -0.39 is 0 Å². The molecule has 0 fully saturated rings. The lowest BCUT2D eigenvalue weighted by atomic mass is 9.96. The normalized spacial score (nSPS) is 10.6. The second-order valence-electron chi connectivity index (χ2n) is 4.43. The summed E-state index contributed by atoms with van der Waals surface area (Å²) in [5.41, 5.74) is 5.03. The molecule has 0 saturated carbocycles. The standard InChI is InChI=1S/C16H18ClN/c1-3-6-13-11-14(9-8-12(13)4-2)15-7-5-10-18-16(15)17/h5,7-11H,3-4,6H2,1-2H3. The molecule has 0 bridgehead atoms. The van der Waals surface area contributed by atoms with Crippen LogP contribution in [0.3, 0.4) is 0 Å². The lowest BCUT2D eigenvalue weighted by Gasteiger charge is -2.10. The van der Waals surface area contributed by atoms with Crippen molar-refractivity contribution >= 4 is 11.6 Å². The minimum Gasteiger partial charge on any atom is -0.244 e. The highest BCUT2D eigenvalue weighted by Gasteiger charge is 2.07. The molecule has 1 aromatic carbocycles. The number of aryl methyl sites for hydroxylation is 2. The maximum absolute atomic E-state index is 6.15. The quantitative estimate of drug-likeness (QED) is 0.711. The number of benzene rings is 1. The zero-order valence-corrected chi connectivity index (χ0v) is 11.7. The van der Waals surface area contributed by atoms with Crippen molar-refractivity contribution in [2.24, 2.45) is 0 Å². The molecule has 0 aliphatic carbocycles. The van der Waals surface area contributed by atoms with Crippen LogP contribution in [0, 0.1) is 0 Å². The molecule has 0 saturated heterocycles. The lowest BCUT2D eigenvalue weighted by Crippen LogP contribution is -1.94. The molecular formula is C16H18ClN. The van der Waals surface area contributed by atoms with E-state index in [1.165, 1.54) is 11.1 Å². The summed E-state index contributed by atoms with van der Waals surface area (Å²) in [5.74, 6) is 0. The molecule has 0 spiro atoms. The molecule has 18 heavy (non-hydrogen) atoms. The van der Waals surface area contributed by atoms with Crippen molar-refractivity contribution in [3.05, 3.63) is 52.8 Å². The minimum absolute atomic E-state index is 0.573. The summed E-state index contributed by atoms with van der Waals surface area (Å²) in [5, 5.41) is 0.573. The van der Waals surface area contributed by atoms with E-state index in [0.717, 1.165) is 30.4 Å². The van der Waals surface area contributed by atoms with Gasteiger partial charge in [0.1, 0.15) is 5.15 Å². The van der Waals surface area contributed by atoms with Crippen molar-refractivity contribution in [3.63, 3.8) is 0 Å². The van der Waals surface area contributed by atoms with E-state index in [1.54, 1.807) is 6.20 Å². The summed E-state index contributed by atoms with van der Waals surface area (Å²) >= 11 is 6.15. The van der Waals surface area contributed by atoms with Gasteiger partial charge in [-0.15, -0.1) is 0 Å². The van der Waals surface area contributed by atoms with Crippen LogP contribution in [-0.4, -0.2) is 4.98 Å². The molecule has 1 heterocycles. The zero-order valence-electron chi connectivity index (χ0n) is 10.9. The molecule has 2 aromatic rings. The number of hydrogen-bond donors (Lipinski definition) is 0. The van der Waals surface area contributed by atoms with Gasteiger partial charge in [0.15, 0.2) is 0 Å². The fourth-order valence-corrected chi connectivity index (χ4v) is 2.47. The minimum atomic E-state index is 0.573. The molecule has 0 unspecified atom stereocenters. The second-order valence-corrected chi connectivity index (χ2v) is 4.79. The average molecular weight is 260 g/mol. The summed E-state index contributed by atoms with van der Waals surface area (Å²) in [7, 11) is 0. The van der Waals surface area contributed by atoms with Gasteiger partial charge in [0.25, 0.3) is 0 Å². The molecule has 94 valence electrons. The first kappa shape index (κ1) is 13.1. The Kier molecular flexibility index (Phi) is 4.38. The summed E-state index contributed by atoms with van der Waals surface area (Å²) < 4.78 is 0. The third kappa shape index (κ3) is 2.73. The Balaban J connectivity index is 2.47. The second kappa shape index (κ2) is 6.01. The molecule has 2 heteroatoms. The monoisotopic (exact) mass is 259 g/mol. The fourth-order valence-electron chi connectivity index (χ4n) is 2.24. The van der Waals surface area contributed by atoms with Crippen LogP contribution in [0.4, 0.5) is 0 Å². The van der Waals surface area contributed by atoms with Gasteiger partial charge < -0.3 is 0 Å². The van der Waals surface area contributed by atoms with E-state index in [2.05, 4.69) is 37.0 Å². The first-order chi connectivity index (χ1) is 8.76. The molecule has 0 aliphatic rings. The Hall–Kier alpha value is -1.34. The number of rotatable bonds is 4. The largest absolute Gasteiger partial charge is 0.244 e. The number of halogens is 1. The van der Waals surface area contributed by atoms with Gasteiger partial charge in [-0.1, -0.05) is 50.1 Å². The lowest BCUT2D eigenvalue weighted by molar-refractivity contribution is 0.900. The summed E-state index contributed by atoms with van der Waals surface area (Å²) in [6, 6.07) is 10.6. The Morgan fingerprint density at radius 2 is 1.94 bits per heavy atom. The fraction of sp³-hybridized carbons (Fsp3) is 0.312. The number of pyridine rings is 1. The summed E-state index contributed by atoms with van der Waals surface area (Å²) in [6.07, 6.45) is 5.09.